The molecule has 0 saturated heterocycles. The number of fused-ring (bicyclic) bond motifs is 2. The molecule has 0 heterocycles. The summed E-state index contributed by atoms with van der Waals surface area (Å²) in [5.41, 5.74) is 1.72. The lowest BCUT2D eigenvalue weighted by molar-refractivity contribution is 0.0975. The molecule has 1 N–H and O–H groups in total. The van der Waals surface area contributed by atoms with E-state index < -0.39 is 5.78 Å². The van der Waals surface area contributed by atoms with Crippen molar-refractivity contribution in [2.45, 2.75) is 66.2 Å². The zero-order valence-corrected chi connectivity index (χ0v) is 17.8. The van der Waals surface area contributed by atoms with Gasteiger partial charge in [0.1, 0.15) is 5.75 Å². The second-order valence-corrected chi connectivity index (χ2v) is 7.54. The van der Waals surface area contributed by atoms with E-state index in [2.05, 4.69) is 13.8 Å². The third kappa shape index (κ3) is 5.00. The number of aromatic hydroxyl groups is 1. The van der Waals surface area contributed by atoms with Gasteiger partial charge in [-0.25, -0.2) is 0 Å². The van der Waals surface area contributed by atoms with E-state index in [1.54, 1.807) is 13.0 Å². The minimum absolute atomic E-state index is 0.00774. The monoisotopic (exact) mass is 394 g/mol. The smallest absolute Gasteiger partial charge is 0.198 e. The van der Waals surface area contributed by atoms with Crippen molar-refractivity contribution in [2.24, 2.45) is 0 Å². The third-order valence-corrected chi connectivity index (χ3v) is 5.20. The Labute approximate surface area is 173 Å². The Morgan fingerprint density at radius 2 is 1.45 bits per heavy atom. The SMILES string of the molecule is CC(=O)c1cc2c(cc1C)C(=O)c1cccc(O)c1C2=O.CCCCCCCC. The molecule has 0 bridgehead atoms. The van der Waals surface area contributed by atoms with Crippen molar-refractivity contribution in [1.82, 2.24) is 0 Å². The van der Waals surface area contributed by atoms with Gasteiger partial charge in [-0.15, -0.1) is 0 Å². The summed E-state index contributed by atoms with van der Waals surface area (Å²) in [7, 11) is 0. The molecule has 0 saturated carbocycles. The largest absolute Gasteiger partial charge is 0.507 e. The van der Waals surface area contributed by atoms with E-state index in [0.29, 0.717) is 11.1 Å². The molecular formula is C25H30O4. The number of rotatable bonds is 6. The number of unbranched alkanes of at least 4 members (excludes halogenated alkanes) is 5. The predicted molar refractivity (Wildman–Crippen MR) is 115 cm³/mol. The number of carbonyl (C=O) groups excluding carboxylic acids is 3. The number of benzene rings is 2. The molecule has 0 spiro atoms. The highest BCUT2D eigenvalue weighted by molar-refractivity contribution is 6.29. The molecule has 2 aromatic rings. The molecule has 3 rings (SSSR count). The second-order valence-electron chi connectivity index (χ2n) is 7.54. The summed E-state index contributed by atoms with van der Waals surface area (Å²) in [6.45, 7) is 7.65. The van der Waals surface area contributed by atoms with Crippen LogP contribution in [0.1, 0.15) is 107 Å². The Morgan fingerprint density at radius 1 is 0.862 bits per heavy atom. The predicted octanol–water partition coefficient (Wildman–Crippen LogP) is 6.05. The Bertz CT molecular complexity index is 919. The Kier molecular flexibility index (Phi) is 7.89. The van der Waals surface area contributed by atoms with E-state index in [0.717, 1.165) is 0 Å². The van der Waals surface area contributed by atoms with Gasteiger partial charge in [0.25, 0.3) is 0 Å². The molecule has 0 aliphatic heterocycles. The summed E-state index contributed by atoms with van der Waals surface area (Å²) in [5.74, 6) is -1.13. The number of phenolic OH excluding ortho intramolecular Hbond substituents is 1. The van der Waals surface area contributed by atoms with Gasteiger partial charge in [-0.05, 0) is 37.6 Å². The highest BCUT2D eigenvalue weighted by Crippen LogP contribution is 2.33. The highest BCUT2D eigenvalue weighted by atomic mass is 16.3. The lowest BCUT2D eigenvalue weighted by atomic mass is 9.81. The number of carbonyl (C=O) groups is 3. The van der Waals surface area contributed by atoms with Crippen LogP contribution in [0.5, 0.6) is 5.75 Å². The van der Waals surface area contributed by atoms with Gasteiger partial charge in [-0.3, -0.25) is 14.4 Å². The van der Waals surface area contributed by atoms with Crippen LogP contribution in [-0.2, 0) is 0 Å². The zero-order valence-electron chi connectivity index (χ0n) is 17.8. The van der Waals surface area contributed by atoms with E-state index in [4.69, 9.17) is 0 Å². The molecule has 4 nitrogen and oxygen atoms in total. The highest BCUT2D eigenvalue weighted by Gasteiger charge is 2.32. The van der Waals surface area contributed by atoms with Crippen molar-refractivity contribution in [2.75, 3.05) is 0 Å². The van der Waals surface area contributed by atoms with Crippen molar-refractivity contribution in [1.29, 1.82) is 0 Å². The molecular weight excluding hydrogens is 364 g/mol. The molecule has 0 fully saturated rings. The third-order valence-electron chi connectivity index (χ3n) is 5.20. The number of hydrogen-bond donors (Lipinski definition) is 1. The second kappa shape index (κ2) is 10.1. The standard InChI is InChI=1S/C17H12O4.C8H18/c1-8-6-12-13(7-11(8)9(2)18)17(21)15-10(16(12)20)4-3-5-14(15)19;1-3-5-7-8-6-4-2/h3-7,19H,1-2H3;3-8H2,1-2H3. The Hall–Kier alpha value is -2.75. The van der Waals surface area contributed by atoms with E-state index >= 15 is 0 Å². The van der Waals surface area contributed by atoms with Gasteiger partial charge < -0.3 is 5.11 Å². The van der Waals surface area contributed by atoms with Crippen LogP contribution in [-0.4, -0.2) is 22.5 Å². The minimum atomic E-state index is -0.430. The zero-order chi connectivity index (χ0) is 21.6. The van der Waals surface area contributed by atoms with Gasteiger partial charge in [-0.1, -0.05) is 64.5 Å². The molecule has 154 valence electrons. The minimum Gasteiger partial charge on any atom is -0.507 e. The van der Waals surface area contributed by atoms with Crippen LogP contribution < -0.4 is 0 Å². The molecule has 0 radical (unpaired) electrons. The molecule has 0 amide bonds. The topological polar surface area (TPSA) is 71.4 Å². The van der Waals surface area contributed by atoms with Crippen LogP contribution in [0.3, 0.4) is 0 Å². The molecule has 29 heavy (non-hydrogen) atoms. The maximum atomic E-state index is 12.5. The molecule has 4 heteroatoms. The summed E-state index contributed by atoms with van der Waals surface area (Å²) < 4.78 is 0. The van der Waals surface area contributed by atoms with Crippen LogP contribution >= 0.6 is 0 Å². The normalized spacial score (nSPS) is 12.0. The number of Topliss-reactive ketones (excluding diaryl/α,β-unsaturated/α-hetero) is 1. The maximum Gasteiger partial charge on any atom is 0.198 e. The van der Waals surface area contributed by atoms with Crippen molar-refractivity contribution in [3.8, 4) is 5.75 Å². The van der Waals surface area contributed by atoms with E-state index in [-0.39, 0.29) is 39.6 Å². The molecule has 1 aliphatic carbocycles. The fraction of sp³-hybridized carbons (Fsp3) is 0.400. The summed E-state index contributed by atoms with van der Waals surface area (Å²) >= 11 is 0. The molecule has 0 aromatic heterocycles. The molecule has 0 atom stereocenters. The van der Waals surface area contributed by atoms with Crippen LogP contribution in [0.4, 0.5) is 0 Å². The number of ketones is 3. The lowest BCUT2D eigenvalue weighted by Gasteiger charge is -2.19. The van der Waals surface area contributed by atoms with E-state index in [1.165, 1.54) is 69.7 Å². The Morgan fingerprint density at radius 3 is 2.00 bits per heavy atom. The first-order valence-corrected chi connectivity index (χ1v) is 10.4. The summed E-state index contributed by atoms with van der Waals surface area (Å²) in [4.78, 5) is 36.6. The average molecular weight is 395 g/mol. The summed E-state index contributed by atoms with van der Waals surface area (Å²) in [6.07, 6.45) is 8.49. The van der Waals surface area contributed by atoms with Gasteiger partial charge in [0.15, 0.2) is 17.3 Å². The van der Waals surface area contributed by atoms with E-state index in [9.17, 15) is 19.5 Å². The van der Waals surface area contributed by atoms with Crippen molar-refractivity contribution < 1.29 is 19.5 Å². The van der Waals surface area contributed by atoms with Gasteiger partial charge in [-0.2, -0.15) is 0 Å². The first-order valence-electron chi connectivity index (χ1n) is 10.4. The number of phenols is 1. The van der Waals surface area contributed by atoms with Crippen LogP contribution in [0.15, 0.2) is 30.3 Å². The molecule has 2 aromatic carbocycles. The van der Waals surface area contributed by atoms with E-state index in [1.807, 2.05) is 0 Å². The first kappa shape index (κ1) is 22.5. The van der Waals surface area contributed by atoms with Gasteiger partial charge in [0, 0.05) is 22.3 Å². The Balaban J connectivity index is 0.000000321. The fourth-order valence-electron chi connectivity index (χ4n) is 3.56. The van der Waals surface area contributed by atoms with Gasteiger partial charge in [0.05, 0.1) is 5.56 Å². The number of aryl methyl sites for hydroxylation is 1. The van der Waals surface area contributed by atoms with Crippen molar-refractivity contribution in [3.05, 3.63) is 63.7 Å². The summed E-state index contributed by atoms with van der Waals surface area (Å²) in [6, 6.07) is 7.44. The van der Waals surface area contributed by atoms with Crippen molar-refractivity contribution in [3.63, 3.8) is 0 Å². The van der Waals surface area contributed by atoms with Gasteiger partial charge in [0.2, 0.25) is 0 Å². The van der Waals surface area contributed by atoms with Crippen LogP contribution in [0.2, 0.25) is 0 Å². The van der Waals surface area contributed by atoms with Crippen molar-refractivity contribution >= 4 is 17.3 Å². The summed E-state index contributed by atoms with van der Waals surface area (Å²) in [5, 5.41) is 9.86. The average Bonchev–Trinajstić information content (AvgIpc) is 2.69. The maximum absolute atomic E-state index is 12.5. The number of hydrogen-bond acceptors (Lipinski definition) is 4. The first-order chi connectivity index (χ1) is 13.8. The lowest BCUT2D eigenvalue weighted by Crippen LogP contribution is -2.22. The van der Waals surface area contributed by atoms with Crippen LogP contribution in [0.25, 0.3) is 0 Å². The molecule has 1 aliphatic rings. The van der Waals surface area contributed by atoms with Crippen LogP contribution in [0, 0.1) is 6.92 Å². The quantitative estimate of drug-likeness (QED) is 0.408. The molecule has 0 unspecified atom stereocenters. The fourth-order valence-corrected chi connectivity index (χ4v) is 3.56. The van der Waals surface area contributed by atoms with Gasteiger partial charge >= 0.3 is 0 Å².